The first-order valence-corrected chi connectivity index (χ1v) is 28.6. The fraction of sp³-hybridized carbons (Fsp3) is 0.750. The molecular weight excluding hydrogens is 837 g/mol. The number of sulfonamides is 1. The van der Waals surface area contributed by atoms with Crippen LogP contribution in [0.4, 0.5) is 0 Å². The third-order valence-corrected chi connectivity index (χ3v) is 15.4. The van der Waals surface area contributed by atoms with Crippen molar-refractivity contribution in [2.45, 2.75) is 177 Å². The standard InChI is InChI=1S/C14H21NO2S.C11H16N2O2S.C11H23N.C10H20N2.3C2H6/c1-12-6-8-15(9-7-12)11-13-4-3-5-14(10-13)18(2,16)17;1-10-4-7-13(8-5-10)16(14,15)11-3-2-6-12-9-11;1-4-5-11(3)12-8-6-10(2)7-9-12;1-3-10(11)8-12-6-4-9(2)5-7-12;3*1-2/h3-5,10,12H,6-9,11H2,1-2H3;2-3,6,9-10H,4-5,7-8H2,1H3;10-11H,4-9H2,1-3H3;3,9H,4-8,11H2,1-2H3;3*1-2H3/b;;;10-3-;;;. The summed E-state index contributed by atoms with van der Waals surface area (Å²) >= 11 is 0. The summed E-state index contributed by atoms with van der Waals surface area (Å²) in [6.07, 6.45) is 18.8. The Bertz CT molecular complexity index is 1680. The van der Waals surface area contributed by atoms with Crippen molar-refractivity contribution in [3.8, 4) is 0 Å². The van der Waals surface area contributed by atoms with E-state index in [1.54, 1.807) is 34.8 Å². The van der Waals surface area contributed by atoms with E-state index in [1.165, 1.54) is 90.0 Å². The minimum absolute atomic E-state index is 0.296. The van der Waals surface area contributed by atoms with Crippen LogP contribution in [0.3, 0.4) is 0 Å². The van der Waals surface area contributed by atoms with Gasteiger partial charge in [-0.25, -0.2) is 16.8 Å². The highest BCUT2D eigenvalue weighted by Crippen LogP contribution is 2.24. The normalized spacial score (nSPS) is 19.4. The number of nitrogens with two attached hydrogens (primary N) is 1. The van der Waals surface area contributed by atoms with E-state index in [0.717, 1.165) is 74.1 Å². The van der Waals surface area contributed by atoms with Crippen LogP contribution >= 0.6 is 0 Å². The molecule has 1 unspecified atom stereocenters. The molecule has 2 aromatic rings. The number of likely N-dealkylation sites (tertiary alicyclic amines) is 3. The van der Waals surface area contributed by atoms with Gasteiger partial charge < -0.3 is 10.6 Å². The highest BCUT2D eigenvalue weighted by Gasteiger charge is 2.28. The Balaban J connectivity index is 0.000000805. The van der Waals surface area contributed by atoms with Crippen LogP contribution in [0.25, 0.3) is 0 Å². The van der Waals surface area contributed by atoms with Crippen molar-refractivity contribution in [2.24, 2.45) is 29.4 Å². The van der Waals surface area contributed by atoms with E-state index in [9.17, 15) is 16.8 Å². The molecule has 0 spiro atoms. The second-order valence-corrected chi connectivity index (χ2v) is 21.8. The summed E-state index contributed by atoms with van der Waals surface area (Å²) in [6.45, 7) is 38.2. The van der Waals surface area contributed by atoms with Gasteiger partial charge in [-0.05, 0) is 164 Å². The van der Waals surface area contributed by atoms with E-state index in [2.05, 4.69) is 61.2 Å². The summed E-state index contributed by atoms with van der Waals surface area (Å²) in [4.78, 5) is 12.1. The lowest BCUT2D eigenvalue weighted by molar-refractivity contribution is 0.140. The molecular formula is C52H98N6O4S2. The molecule has 0 radical (unpaired) electrons. The van der Waals surface area contributed by atoms with Crippen LogP contribution in [0.15, 0.2) is 70.4 Å². The molecule has 4 aliphatic rings. The maximum atomic E-state index is 12.2. The molecule has 4 fully saturated rings. The van der Waals surface area contributed by atoms with Gasteiger partial charge in [-0.1, -0.05) is 101 Å². The number of sulfone groups is 1. The number of allylic oxidation sites excluding steroid dienone is 1. The van der Waals surface area contributed by atoms with Crippen molar-refractivity contribution in [1.82, 2.24) is 24.0 Å². The van der Waals surface area contributed by atoms with Crippen molar-refractivity contribution >= 4 is 19.9 Å². The minimum atomic E-state index is -3.31. The van der Waals surface area contributed by atoms with Gasteiger partial charge in [0.25, 0.3) is 0 Å². The van der Waals surface area contributed by atoms with Crippen LogP contribution in [0.1, 0.15) is 160 Å². The molecule has 4 aliphatic heterocycles. The molecule has 1 aromatic heterocycles. The van der Waals surface area contributed by atoms with Gasteiger partial charge in [0.2, 0.25) is 10.0 Å². The third-order valence-electron chi connectivity index (χ3n) is 12.4. The molecule has 2 N–H and O–H groups in total. The zero-order valence-corrected chi connectivity index (χ0v) is 45.1. The molecule has 10 nitrogen and oxygen atoms in total. The predicted molar refractivity (Wildman–Crippen MR) is 276 cm³/mol. The average Bonchev–Trinajstić information content (AvgIpc) is 3.31. The topological polar surface area (TPSA) is 120 Å². The third kappa shape index (κ3) is 25.0. The van der Waals surface area contributed by atoms with E-state index in [-0.39, 0.29) is 0 Å². The van der Waals surface area contributed by atoms with Crippen LogP contribution in [-0.4, -0.2) is 112 Å². The van der Waals surface area contributed by atoms with Crippen LogP contribution in [-0.2, 0) is 26.4 Å². The van der Waals surface area contributed by atoms with Crippen LogP contribution in [0.2, 0.25) is 0 Å². The van der Waals surface area contributed by atoms with E-state index in [1.807, 2.05) is 66.7 Å². The summed E-state index contributed by atoms with van der Waals surface area (Å²) in [7, 11) is -6.41. The zero-order valence-electron chi connectivity index (χ0n) is 43.5. The summed E-state index contributed by atoms with van der Waals surface area (Å²) in [5.74, 6) is 3.33. The van der Waals surface area contributed by atoms with Gasteiger partial charge in [-0.2, -0.15) is 4.31 Å². The molecule has 0 aliphatic carbocycles. The van der Waals surface area contributed by atoms with Crippen molar-refractivity contribution in [3.63, 3.8) is 0 Å². The fourth-order valence-corrected chi connectivity index (χ4v) is 9.99. The highest BCUT2D eigenvalue weighted by molar-refractivity contribution is 7.90. The van der Waals surface area contributed by atoms with E-state index in [0.29, 0.717) is 28.8 Å². The lowest BCUT2D eigenvalue weighted by atomic mass is 9.97. The quantitative estimate of drug-likeness (QED) is 0.248. The number of aromatic nitrogens is 1. The largest absolute Gasteiger partial charge is 0.401 e. The van der Waals surface area contributed by atoms with Crippen molar-refractivity contribution in [2.75, 3.05) is 65.2 Å². The van der Waals surface area contributed by atoms with E-state index >= 15 is 0 Å². The highest BCUT2D eigenvalue weighted by atomic mass is 32.2. The van der Waals surface area contributed by atoms with Crippen molar-refractivity contribution < 1.29 is 16.8 Å². The predicted octanol–water partition coefficient (Wildman–Crippen LogP) is 11.4. The molecule has 0 amide bonds. The Kier molecular flexibility index (Phi) is 33.6. The number of benzene rings is 1. The van der Waals surface area contributed by atoms with E-state index in [4.69, 9.17) is 5.73 Å². The molecule has 0 bridgehead atoms. The first kappa shape index (κ1) is 61.7. The number of hydrogen-bond acceptors (Lipinski definition) is 9. The number of rotatable bonds is 10. The second-order valence-electron chi connectivity index (χ2n) is 17.8. The van der Waals surface area contributed by atoms with Gasteiger partial charge in [0.15, 0.2) is 9.84 Å². The van der Waals surface area contributed by atoms with Gasteiger partial charge in [-0.15, -0.1) is 0 Å². The van der Waals surface area contributed by atoms with Gasteiger partial charge in [0.05, 0.1) is 4.90 Å². The Morgan fingerprint density at radius 2 is 1.16 bits per heavy atom. The molecule has 5 heterocycles. The monoisotopic (exact) mass is 935 g/mol. The molecule has 0 saturated carbocycles. The first-order chi connectivity index (χ1) is 30.5. The average molecular weight is 936 g/mol. The summed E-state index contributed by atoms with van der Waals surface area (Å²) in [6, 6.07) is 11.4. The van der Waals surface area contributed by atoms with Crippen molar-refractivity contribution in [1.29, 1.82) is 0 Å². The molecule has 64 heavy (non-hydrogen) atoms. The molecule has 4 saturated heterocycles. The lowest BCUT2D eigenvalue weighted by Crippen LogP contribution is -2.39. The lowest BCUT2D eigenvalue weighted by Gasteiger charge is -2.34. The van der Waals surface area contributed by atoms with Crippen molar-refractivity contribution in [3.05, 3.63) is 66.1 Å². The molecule has 12 heteroatoms. The van der Waals surface area contributed by atoms with Crippen LogP contribution < -0.4 is 5.73 Å². The van der Waals surface area contributed by atoms with Crippen LogP contribution in [0, 0.1) is 23.7 Å². The van der Waals surface area contributed by atoms with E-state index < -0.39 is 19.9 Å². The Hall–Kier alpha value is -2.35. The number of piperidine rings is 4. The van der Waals surface area contributed by atoms with Gasteiger partial charge >= 0.3 is 0 Å². The molecule has 1 atom stereocenters. The summed E-state index contributed by atoms with van der Waals surface area (Å²) in [5, 5.41) is 0. The van der Waals surface area contributed by atoms with Gasteiger partial charge in [0, 0.05) is 56.6 Å². The summed E-state index contributed by atoms with van der Waals surface area (Å²) < 4.78 is 48.9. The minimum Gasteiger partial charge on any atom is -0.401 e. The first-order valence-electron chi connectivity index (χ1n) is 25.3. The Morgan fingerprint density at radius 3 is 1.59 bits per heavy atom. The maximum absolute atomic E-state index is 12.2. The Labute approximate surface area is 396 Å². The number of pyridine rings is 1. The second kappa shape index (κ2) is 34.9. The molecule has 1 aromatic carbocycles. The summed E-state index contributed by atoms with van der Waals surface area (Å²) in [5.41, 5.74) is 7.85. The molecule has 372 valence electrons. The number of nitrogens with zero attached hydrogens (tertiary/aromatic N) is 5. The maximum Gasteiger partial charge on any atom is 0.244 e. The van der Waals surface area contributed by atoms with Gasteiger partial charge in [0.1, 0.15) is 4.90 Å². The molecule has 6 rings (SSSR count). The SMILES string of the molecule is C/C=C(\N)CN1CCC(C)CC1.CC.CC.CC.CC1CCN(Cc2cccc(S(C)(=O)=O)c2)CC1.CC1CCN(S(=O)(=O)c2cccnc2)CC1.CCCC(C)N1CCC(C)CC1. The fourth-order valence-electron chi connectivity index (χ4n) is 7.87. The Morgan fingerprint density at radius 1 is 0.703 bits per heavy atom. The number of hydrogen-bond donors (Lipinski definition) is 1. The smallest absolute Gasteiger partial charge is 0.244 e. The zero-order chi connectivity index (χ0) is 48.7. The van der Waals surface area contributed by atoms with Crippen LogP contribution in [0.5, 0.6) is 0 Å². The van der Waals surface area contributed by atoms with Gasteiger partial charge in [-0.3, -0.25) is 14.8 Å².